The van der Waals surface area contributed by atoms with Crippen LogP contribution in [-0.4, -0.2) is 63.0 Å². The Morgan fingerprint density at radius 1 is 1.38 bits per heavy atom. The van der Waals surface area contributed by atoms with Gasteiger partial charge in [-0.1, -0.05) is 6.92 Å². The Kier molecular flexibility index (Phi) is 7.62. The third-order valence-electron chi connectivity index (χ3n) is 4.51. The molecule has 0 aromatic carbocycles. The van der Waals surface area contributed by atoms with Crippen LogP contribution < -0.4 is 5.32 Å². The van der Waals surface area contributed by atoms with Crippen LogP contribution in [0.15, 0.2) is 0 Å². The summed E-state index contributed by atoms with van der Waals surface area (Å²) in [5.74, 6) is 0. The minimum Gasteiger partial charge on any atom is -0.383 e. The first-order valence-corrected chi connectivity index (χ1v) is 8.38. The Labute approximate surface area is 131 Å². The maximum atomic E-state index is 5.75. The van der Waals surface area contributed by atoms with Crippen LogP contribution in [0, 0.1) is 5.41 Å². The Balaban J connectivity index is 2.68. The van der Waals surface area contributed by atoms with Crippen LogP contribution in [0.4, 0.5) is 0 Å². The van der Waals surface area contributed by atoms with Gasteiger partial charge >= 0.3 is 0 Å². The summed E-state index contributed by atoms with van der Waals surface area (Å²) < 4.78 is 11.0. The molecule has 1 aliphatic rings. The van der Waals surface area contributed by atoms with Crippen LogP contribution in [-0.2, 0) is 9.47 Å². The Bertz CT molecular complexity index is 283. The van der Waals surface area contributed by atoms with E-state index in [-0.39, 0.29) is 11.0 Å². The molecule has 4 heteroatoms. The zero-order valence-electron chi connectivity index (χ0n) is 15.0. The number of nitrogens with zero attached hydrogens (tertiary/aromatic N) is 1. The van der Waals surface area contributed by atoms with E-state index in [1.165, 1.54) is 6.42 Å². The van der Waals surface area contributed by atoms with Gasteiger partial charge in [0.1, 0.15) is 0 Å². The van der Waals surface area contributed by atoms with Crippen molar-refractivity contribution in [3.8, 4) is 0 Å². The minimum absolute atomic E-state index is 0.156. The van der Waals surface area contributed by atoms with E-state index in [1.807, 2.05) is 0 Å². The average Bonchev–Trinajstić information content (AvgIpc) is 2.89. The van der Waals surface area contributed by atoms with Crippen molar-refractivity contribution in [3.63, 3.8) is 0 Å². The van der Waals surface area contributed by atoms with Crippen molar-refractivity contribution in [2.75, 3.05) is 46.6 Å². The normalized spacial score (nSPS) is 24.7. The average molecular weight is 300 g/mol. The molecule has 2 atom stereocenters. The summed E-state index contributed by atoms with van der Waals surface area (Å²) in [6.45, 7) is 16.9. The van der Waals surface area contributed by atoms with Crippen LogP contribution in [0.1, 0.15) is 47.5 Å². The van der Waals surface area contributed by atoms with Gasteiger partial charge in [0, 0.05) is 50.3 Å². The summed E-state index contributed by atoms with van der Waals surface area (Å²) in [6, 6.07) is 0.590. The molecule has 1 N–H and O–H groups in total. The molecule has 0 aromatic rings. The largest absolute Gasteiger partial charge is 0.383 e. The van der Waals surface area contributed by atoms with Crippen LogP contribution in [0.25, 0.3) is 0 Å². The number of nitrogens with one attached hydrogen (secondary N) is 1. The summed E-state index contributed by atoms with van der Waals surface area (Å²) in [5.41, 5.74) is 0.397. The highest BCUT2D eigenvalue weighted by atomic mass is 16.5. The van der Waals surface area contributed by atoms with Gasteiger partial charge in [0.15, 0.2) is 0 Å². The maximum Gasteiger partial charge on any atom is 0.0589 e. The molecule has 0 saturated carbocycles. The van der Waals surface area contributed by atoms with Crippen LogP contribution in [0.5, 0.6) is 0 Å². The highest BCUT2D eigenvalue weighted by Crippen LogP contribution is 2.30. The molecular formula is C17H36N2O2. The van der Waals surface area contributed by atoms with E-state index in [2.05, 4.69) is 44.8 Å². The van der Waals surface area contributed by atoms with E-state index < -0.39 is 0 Å². The summed E-state index contributed by atoms with van der Waals surface area (Å²) in [5, 5.41) is 3.69. The lowest BCUT2D eigenvalue weighted by atomic mass is 9.85. The van der Waals surface area contributed by atoms with Gasteiger partial charge in [0.05, 0.1) is 13.2 Å². The molecule has 1 fully saturated rings. The van der Waals surface area contributed by atoms with Gasteiger partial charge in [-0.05, 0) is 40.5 Å². The zero-order chi connectivity index (χ0) is 15.9. The predicted molar refractivity (Wildman–Crippen MR) is 88.8 cm³/mol. The van der Waals surface area contributed by atoms with Gasteiger partial charge in [0.25, 0.3) is 0 Å². The van der Waals surface area contributed by atoms with Crippen molar-refractivity contribution < 1.29 is 9.47 Å². The highest BCUT2D eigenvalue weighted by molar-refractivity contribution is 4.91. The highest BCUT2D eigenvalue weighted by Gasteiger charge is 2.38. The van der Waals surface area contributed by atoms with Gasteiger partial charge in [-0.2, -0.15) is 0 Å². The van der Waals surface area contributed by atoms with Crippen LogP contribution in [0.3, 0.4) is 0 Å². The molecule has 1 heterocycles. The van der Waals surface area contributed by atoms with Crippen LogP contribution >= 0.6 is 0 Å². The quantitative estimate of drug-likeness (QED) is 0.709. The maximum absolute atomic E-state index is 5.75. The fourth-order valence-corrected chi connectivity index (χ4v) is 2.78. The number of rotatable bonds is 9. The van der Waals surface area contributed by atoms with Gasteiger partial charge in [0.2, 0.25) is 0 Å². The van der Waals surface area contributed by atoms with Crippen LogP contribution in [0.2, 0.25) is 0 Å². The second kappa shape index (κ2) is 8.47. The van der Waals surface area contributed by atoms with E-state index in [0.717, 1.165) is 45.9 Å². The first kappa shape index (κ1) is 18.9. The second-order valence-electron chi connectivity index (χ2n) is 7.63. The van der Waals surface area contributed by atoms with E-state index in [0.29, 0.717) is 6.04 Å². The first-order chi connectivity index (χ1) is 9.82. The van der Waals surface area contributed by atoms with E-state index in [9.17, 15) is 0 Å². The molecule has 0 amide bonds. The molecule has 2 unspecified atom stereocenters. The Hall–Kier alpha value is -0.160. The topological polar surface area (TPSA) is 33.7 Å². The minimum atomic E-state index is 0.156. The number of hydrogen-bond donors (Lipinski definition) is 1. The molecule has 0 radical (unpaired) electrons. The van der Waals surface area contributed by atoms with Gasteiger partial charge in [-0.15, -0.1) is 0 Å². The molecule has 0 aromatic heterocycles. The molecule has 4 nitrogen and oxygen atoms in total. The lowest BCUT2D eigenvalue weighted by Gasteiger charge is -2.39. The number of ether oxygens (including phenoxy) is 2. The second-order valence-corrected chi connectivity index (χ2v) is 7.63. The molecular weight excluding hydrogens is 264 g/mol. The monoisotopic (exact) mass is 300 g/mol. The van der Waals surface area contributed by atoms with E-state index in [1.54, 1.807) is 7.11 Å². The fraction of sp³-hybridized carbons (Fsp3) is 1.00. The van der Waals surface area contributed by atoms with Crippen molar-refractivity contribution in [1.29, 1.82) is 0 Å². The SMILES string of the molecule is CCC(C)N(CCOC)CC1(CNC(C)(C)C)CCOC1. The summed E-state index contributed by atoms with van der Waals surface area (Å²) >= 11 is 0. The molecule has 0 spiro atoms. The number of hydrogen-bond acceptors (Lipinski definition) is 4. The molecule has 21 heavy (non-hydrogen) atoms. The van der Waals surface area contributed by atoms with Gasteiger partial charge in [-0.25, -0.2) is 0 Å². The smallest absolute Gasteiger partial charge is 0.0589 e. The van der Waals surface area contributed by atoms with Crippen molar-refractivity contribution in [3.05, 3.63) is 0 Å². The van der Waals surface area contributed by atoms with E-state index >= 15 is 0 Å². The lowest BCUT2D eigenvalue weighted by Crippen LogP contribution is -2.51. The molecule has 1 saturated heterocycles. The van der Waals surface area contributed by atoms with Crippen molar-refractivity contribution in [2.24, 2.45) is 5.41 Å². The third kappa shape index (κ3) is 6.64. The van der Waals surface area contributed by atoms with Gasteiger partial charge in [-0.3, -0.25) is 4.90 Å². The third-order valence-corrected chi connectivity index (χ3v) is 4.51. The van der Waals surface area contributed by atoms with Crippen molar-refractivity contribution in [1.82, 2.24) is 10.2 Å². The lowest BCUT2D eigenvalue weighted by molar-refractivity contribution is 0.0624. The number of methoxy groups -OCH3 is 1. The predicted octanol–water partition coefficient (Wildman–Crippen LogP) is 2.53. The molecule has 1 rings (SSSR count). The molecule has 1 aliphatic heterocycles. The van der Waals surface area contributed by atoms with E-state index in [4.69, 9.17) is 9.47 Å². The molecule has 126 valence electrons. The summed E-state index contributed by atoms with van der Waals surface area (Å²) in [6.07, 6.45) is 2.32. The molecule has 0 bridgehead atoms. The summed E-state index contributed by atoms with van der Waals surface area (Å²) in [4.78, 5) is 2.57. The zero-order valence-corrected chi connectivity index (χ0v) is 15.0. The van der Waals surface area contributed by atoms with Gasteiger partial charge < -0.3 is 14.8 Å². The summed E-state index contributed by atoms with van der Waals surface area (Å²) in [7, 11) is 1.78. The van der Waals surface area contributed by atoms with Crippen molar-refractivity contribution in [2.45, 2.75) is 59.0 Å². The Morgan fingerprint density at radius 2 is 2.10 bits per heavy atom. The molecule has 0 aliphatic carbocycles. The standard InChI is InChI=1S/C17H36N2O2/c1-7-15(2)19(9-11-20-6)13-17(8-10-21-14-17)12-18-16(3,4)5/h15,18H,7-14H2,1-6H3. The fourth-order valence-electron chi connectivity index (χ4n) is 2.78. The Morgan fingerprint density at radius 3 is 2.57 bits per heavy atom. The van der Waals surface area contributed by atoms with Crippen molar-refractivity contribution >= 4 is 0 Å². The first-order valence-electron chi connectivity index (χ1n) is 8.38.